The smallest absolute Gasteiger partial charge is 0.139 e. The Morgan fingerprint density at radius 3 is 3.00 bits per heavy atom. The highest BCUT2D eigenvalue weighted by Gasteiger charge is 2.16. The fourth-order valence-electron chi connectivity index (χ4n) is 0.710. The second-order valence-electron chi connectivity index (χ2n) is 2.17. The number of rotatable bonds is 3. The third kappa shape index (κ3) is 1.63. The standard InChI is InChI=1S/C6H9N3O2/c7-4(2-10)6(11)5-1-8-3-9-5/h1-4,6,11H,7H2,(H,8,9). The molecule has 0 bridgehead atoms. The van der Waals surface area contributed by atoms with Crippen LogP contribution >= 0.6 is 0 Å². The number of aromatic amines is 1. The van der Waals surface area contributed by atoms with Gasteiger partial charge in [-0.25, -0.2) is 4.98 Å². The van der Waals surface area contributed by atoms with Gasteiger partial charge in [-0.05, 0) is 0 Å². The molecule has 5 heteroatoms. The van der Waals surface area contributed by atoms with Gasteiger partial charge < -0.3 is 20.6 Å². The Bertz CT molecular complexity index is 222. The van der Waals surface area contributed by atoms with Crippen LogP contribution in [0.4, 0.5) is 0 Å². The minimum absolute atomic E-state index is 0.449. The molecule has 2 unspecified atom stereocenters. The van der Waals surface area contributed by atoms with Gasteiger partial charge in [-0.2, -0.15) is 0 Å². The first-order chi connectivity index (χ1) is 5.25. The molecule has 60 valence electrons. The van der Waals surface area contributed by atoms with Gasteiger partial charge in [0, 0.05) is 0 Å². The van der Waals surface area contributed by atoms with E-state index in [1.54, 1.807) is 0 Å². The molecule has 11 heavy (non-hydrogen) atoms. The first-order valence-electron chi connectivity index (χ1n) is 3.13. The van der Waals surface area contributed by atoms with Gasteiger partial charge in [0.1, 0.15) is 12.4 Å². The number of aromatic nitrogens is 2. The van der Waals surface area contributed by atoms with Crippen molar-refractivity contribution >= 4 is 6.29 Å². The predicted octanol–water partition coefficient (Wildman–Crippen LogP) is -1.03. The zero-order valence-corrected chi connectivity index (χ0v) is 5.77. The molecule has 0 aliphatic carbocycles. The molecular weight excluding hydrogens is 146 g/mol. The van der Waals surface area contributed by atoms with Gasteiger partial charge in [0.25, 0.3) is 0 Å². The number of aliphatic hydroxyl groups excluding tert-OH is 1. The Morgan fingerprint density at radius 2 is 2.55 bits per heavy atom. The van der Waals surface area contributed by atoms with E-state index in [4.69, 9.17) is 5.73 Å². The molecular formula is C6H9N3O2. The quantitative estimate of drug-likeness (QED) is 0.486. The van der Waals surface area contributed by atoms with Crippen molar-refractivity contribution in [2.75, 3.05) is 0 Å². The Kier molecular flexibility index (Phi) is 2.35. The minimum Gasteiger partial charge on any atom is -0.385 e. The molecule has 1 aromatic heterocycles. The minimum atomic E-state index is -0.991. The van der Waals surface area contributed by atoms with Crippen molar-refractivity contribution in [3.8, 4) is 0 Å². The first-order valence-corrected chi connectivity index (χ1v) is 3.13. The van der Waals surface area contributed by atoms with Gasteiger partial charge in [0.15, 0.2) is 0 Å². The Morgan fingerprint density at radius 1 is 1.82 bits per heavy atom. The summed E-state index contributed by atoms with van der Waals surface area (Å²) in [6, 6.07) is -0.893. The predicted molar refractivity (Wildman–Crippen MR) is 37.6 cm³/mol. The maximum absolute atomic E-state index is 10.1. The Hall–Kier alpha value is -1.20. The average Bonchev–Trinajstić information content (AvgIpc) is 2.53. The molecule has 0 spiro atoms. The summed E-state index contributed by atoms with van der Waals surface area (Å²) in [5.74, 6) is 0. The second-order valence-corrected chi connectivity index (χ2v) is 2.17. The number of imidazole rings is 1. The third-order valence-corrected chi connectivity index (χ3v) is 1.36. The van der Waals surface area contributed by atoms with Crippen LogP contribution in [0.25, 0.3) is 0 Å². The summed E-state index contributed by atoms with van der Waals surface area (Å²) in [4.78, 5) is 16.4. The summed E-state index contributed by atoms with van der Waals surface area (Å²) in [5, 5.41) is 9.25. The number of nitrogens with one attached hydrogen (secondary N) is 1. The molecule has 0 saturated heterocycles. The van der Waals surface area contributed by atoms with Gasteiger partial charge in [-0.15, -0.1) is 0 Å². The summed E-state index contributed by atoms with van der Waals surface area (Å²) in [7, 11) is 0. The van der Waals surface area contributed by atoms with Gasteiger partial charge >= 0.3 is 0 Å². The van der Waals surface area contributed by atoms with E-state index in [2.05, 4.69) is 9.97 Å². The van der Waals surface area contributed by atoms with Crippen molar-refractivity contribution in [2.45, 2.75) is 12.1 Å². The number of nitrogens with zero attached hydrogens (tertiary/aromatic N) is 1. The summed E-state index contributed by atoms with van der Waals surface area (Å²) in [6.07, 6.45) is 2.34. The maximum atomic E-state index is 10.1. The van der Waals surface area contributed by atoms with E-state index < -0.39 is 12.1 Å². The van der Waals surface area contributed by atoms with Crippen LogP contribution in [0.5, 0.6) is 0 Å². The first kappa shape index (κ1) is 7.90. The lowest BCUT2D eigenvalue weighted by Crippen LogP contribution is -2.29. The summed E-state index contributed by atoms with van der Waals surface area (Å²) >= 11 is 0. The number of nitrogens with two attached hydrogens (primary N) is 1. The fourth-order valence-corrected chi connectivity index (χ4v) is 0.710. The zero-order chi connectivity index (χ0) is 8.27. The van der Waals surface area contributed by atoms with Crippen LogP contribution < -0.4 is 5.73 Å². The van der Waals surface area contributed by atoms with E-state index in [1.165, 1.54) is 12.5 Å². The van der Waals surface area contributed by atoms with Crippen molar-refractivity contribution in [1.82, 2.24) is 9.97 Å². The molecule has 0 fully saturated rings. The van der Waals surface area contributed by atoms with E-state index in [0.29, 0.717) is 12.0 Å². The van der Waals surface area contributed by atoms with Crippen molar-refractivity contribution in [3.05, 3.63) is 18.2 Å². The second kappa shape index (κ2) is 3.27. The number of aliphatic hydroxyl groups is 1. The number of carbonyl (C=O) groups excluding carboxylic acids is 1. The summed E-state index contributed by atoms with van der Waals surface area (Å²) < 4.78 is 0. The van der Waals surface area contributed by atoms with Crippen LogP contribution in [0.3, 0.4) is 0 Å². The Balaban J connectivity index is 2.69. The number of aldehydes is 1. The molecule has 0 aliphatic heterocycles. The van der Waals surface area contributed by atoms with E-state index in [0.717, 1.165) is 0 Å². The molecule has 0 aliphatic rings. The number of carbonyl (C=O) groups is 1. The number of H-pyrrole nitrogens is 1. The van der Waals surface area contributed by atoms with Gasteiger partial charge in [-0.1, -0.05) is 0 Å². The highest BCUT2D eigenvalue weighted by molar-refractivity contribution is 5.58. The summed E-state index contributed by atoms with van der Waals surface area (Å²) in [6.45, 7) is 0. The molecule has 0 amide bonds. The summed E-state index contributed by atoms with van der Waals surface area (Å²) in [5.41, 5.74) is 5.69. The van der Waals surface area contributed by atoms with Gasteiger partial charge in [-0.3, -0.25) is 0 Å². The van der Waals surface area contributed by atoms with E-state index >= 15 is 0 Å². The molecule has 1 heterocycles. The highest BCUT2D eigenvalue weighted by atomic mass is 16.3. The lowest BCUT2D eigenvalue weighted by molar-refractivity contribution is -0.111. The SMILES string of the molecule is NC(C=O)C(O)c1cnc[nH]1. The lowest BCUT2D eigenvalue weighted by Gasteiger charge is -2.09. The molecule has 1 aromatic rings. The number of hydrogen-bond acceptors (Lipinski definition) is 4. The molecule has 0 saturated carbocycles. The Labute approximate surface area is 63.3 Å². The van der Waals surface area contributed by atoms with Gasteiger partial charge in [0.2, 0.25) is 0 Å². The van der Waals surface area contributed by atoms with Crippen molar-refractivity contribution < 1.29 is 9.90 Å². The molecule has 4 N–H and O–H groups in total. The van der Waals surface area contributed by atoms with Crippen LogP contribution in [0.1, 0.15) is 11.8 Å². The number of hydrogen-bond donors (Lipinski definition) is 3. The van der Waals surface area contributed by atoms with Crippen LogP contribution in [0, 0.1) is 0 Å². The van der Waals surface area contributed by atoms with Crippen molar-refractivity contribution in [1.29, 1.82) is 0 Å². The van der Waals surface area contributed by atoms with Crippen LogP contribution in [-0.4, -0.2) is 27.4 Å². The van der Waals surface area contributed by atoms with Gasteiger partial charge in [0.05, 0.1) is 24.3 Å². The third-order valence-electron chi connectivity index (χ3n) is 1.36. The molecule has 2 atom stereocenters. The molecule has 0 radical (unpaired) electrons. The average molecular weight is 155 g/mol. The van der Waals surface area contributed by atoms with Crippen molar-refractivity contribution in [3.63, 3.8) is 0 Å². The topological polar surface area (TPSA) is 92.0 Å². The molecule has 0 aromatic carbocycles. The van der Waals surface area contributed by atoms with E-state index in [9.17, 15) is 9.90 Å². The van der Waals surface area contributed by atoms with E-state index in [-0.39, 0.29) is 0 Å². The fraction of sp³-hybridized carbons (Fsp3) is 0.333. The molecule has 5 nitrogen and oxygen atoms in total. The zero-order valence-electron chi connectivity index (χ0n) is 5.77. The van der Waals surface area contributed by atoms with Crippen molar-refractivity contribution in [2.24, 2.45) is 5.73 Å². The lowest BCUT2D eigenvalue weighted by atomic mass is 10.1. The monoisotopic (exact) mass is 155 g/mol. The van der Waals surface area contributed by atoms with Crippen LogP contribution in [0.15, 0.2) is 12.5 Å². The van der Waals surface area contributed by atoms with Crippen LogP contribution in [-0.2, 0) is 4.79 Å². The largest absolute Gasteiger partial charge is 0.385 e. The normalized spacial score (nSPS) is 15.8. The molecule has 1 rings (SSSR count). The highest BCUT2D eigenvalue weighted by Crippen LogP contribution is 2.09. The maximum Gasteiger partial charge on any atom is 0.139 e. The van der Waals surface area contributed by atoms with E-state index in [1.807, 2.05) is 0 Å². The van der Waals surface area contributed by atoms with Crippen LogP contribution in [0.2, 0.25) is 0 Å².